The molecule has 17 nitrogen and oxygen atoms in total. The van der Waals surface area contributed by atoms with E-state index < -0.39 is 17.8 Å². The second-order valence-corrected chi connectivity index (χ2v) is 15.3. The maximum absolute atomic E-state index is 13.6. The Morgan fingerprint density at radius 1 is 0.694 bits per heavy atom. The summed E-state index contributed by atoms with van der Waals surface area (Å²) in [5, 5.41) is 0.516. The summed E-state index contributed by atoms with van der Waals surface area (Å²) in [5.74, 6) is -0.346. The zero-order valence-corrected chi connectivity index (χ0v) is 34.9. The van der Waals surface area contributed by atoms with E-state index in [0.717, 1.165) is 12.8 Å². The van der Waals surface area contributed by atoms with Gasteiger partial charge in [0.05, 0.1) is 73.2 Å². The first-order valence-electron chi connectivity index (χ1n) is 20.4. The van der Waals surface area contributed by atoms with Gasteiger partial charge in [-0.25, -0.2) is 4.79 Å². The Balaban J connectivity index is 1.01. The number of benzene rings is 2. The molecule has 0 spiro atoms. The lowest BCUT2D eigenvalue weighted by atomic mass is 10.1. The number of imide groups is 1. The van der Waals surface area contributed by atoms with Crippen LogP contribution in [0.25, 0.3) is 0 Å². The molecule has 2 atom stereocenters. The van der Waals surface area contributed by atoms with Crippen molar-refractivity contribution in [2.45, 2.75) is 77.7 Å². The average Bonchev–Trinajstić information content (AvgIpc) is 3.95. The van der Waals surface area contributed by atoms with E-state index in [1.54, 1.807) is 58.6 Å². The van der Waals surface area contributed by atoms with Crippen LogP contribution in [0.2, 0.25) is 0 Å². The Kier molecular flexibility index (Phi) is 12.0. The SMILES string of the molecule is C/C=C1\C[C@H]2C=Nc3cc(OCc4cc(OCCCC(=O)ON5C(=O)CCC5=O)cc(COc5cc6c(cc5OC)C(=O)N5C/C(=C/C)C[C@H]5C=N6)n4)c(OC)cc3C(=O)N2C1. The normalized spacial score (nSPS) is 20.2. The van der Waals surface area contributed by atoms with Gasteiger partial charge >= 0.3 is 5.97 Å². The highest BCUT2D eigenvalue weighted by Gasteiger charge is 2.37. The molecule has 0 unspecified atom stereocenters. The molecule has 0 aliphatic carbocycles. The number of methoxy groups -OCH3 is 2. The van der Waals surface area contributed by atoms with Crippen molar-refractivity contribution in [3.8, 4) is 28.7 Å². The third-order valence-electron chi connectivity index (χ3n) is 11.3. The zero-order chi connectivity index (χ0) is 43.5. The molecule has 62 heavy (non-hydrogen) atoms. The van der Waals surface area contributed by atoms with Gasteiger partial charge in [0.1, 0.15) is 19.0 Å². The molecule has 5 aliphatic rings. The third-order valence-corrected chi connectivity index (χ3v) is 11.3. The van der Waals surface area contributed by atoms with Crippen LogP contribution in [0.1, 0.15) is 84.5 Å². The van der Waals surface area contributed by atoms with Gasteiger partial charge in [0.25, 0.3) is 23.6 Å². The molecular formula is C45H46N6O11. The van der Waals surface area contributed by atoms with Gasteiger partial charge in [-0.1, -0.05) is 23.3 Å². The van der Waals surface area contributed by atoms with Crippen molar-refractivity contribution in [2.24, 2.45) is 9.98 Å². The smallest absolute Gasteiger partial charge is 0.333 e. The molecule has 1 aromatic heterocycles. The van der Waals surface area contributed by atoms with Gasteiger partial charge < -0.3 is 38.3 Å². The number of aromatic nitrogens is 1. The Hall–Kier alpha value is -7.04. The van der Waals surface area contributed by atoms with Crippen LogP contribution >= 0.6 is 0 Å². The third kappa shape index (κ3) is 8.60. The van der Waals surface area contributed by atoms with Crippen molar-refractivity contribution in [2.75, 3.05) is 33.9 Å². The van der Waals surface area contributed by atoms with Crippen LogP contribution in [-0.2, 0) is 32.4 Å². The number of fused-ring (bicyclic) bond motifs is 4. The van der Waals surface area contributed by atoms with Crippen LogP contribution in [0.5, 0.6) is 28.7 Å². The minimum absolute atomic E-state index is 0.00304. The quantitative estimate of drug-likeness (QED) is 0.108. The molecule has 8 rings (SSSR count). The molecule has 0 saturated carbocycles. The van der Waals surface area contributed by atoms with Crippen molar-refractivity contribution in [1.29, 1.82) is 0 Å². The van der Waals surface area contributed by atoms with Gasteiger partial charge in [-0.2, -0.15) is 0 Å². The number of allylic oxidation sites excluding steroid dienone is 2. The number of pyridine rings is 1. The highest BCUT2D eigenvalue weighted by molar-refractivity contribution is 6.05. The number of aliphatic imine (C=N–C) groups is 2. The molecule has 4 amide bonds. The van der Waals surface area contributed by atoms with Crippen LogP contribution in [0.3, 0.4) is 0 Å². The summed E-state index contributed by atoms with van der Waals surface area (Å²) in [6, 6.07) is 9.72. The summed E-state index contributed by atoms with van der Waals surface area (Å²) in [6.45, 7) is 5.00. The first-order chi connectivity index (χ1) is 30.0. The molecule has 2 aromatic carbocycles. The fourth-order valence-electron chi connectivity index (χ4n) is 7.90. The Bertz CT molecular complexity index is 2310. The lowest BCUT2D eigenvalue weighted by molar-refractivity contribution is -0.197. The van der Waals surface area contributed by atoms with Gasteiger partial charge in [-0.05, 0) is 45.2 Å². The van der Waals surface area contributed by atoms with Gasteiger partial charge in [-0.15, -0.1) is 5.06 Å². The average molecular weight is 847 g/mol. The lowest BCUT2D eigenvalue weighted by Gasteiger charge is -2.20. The first kappa shape index (κ1) is 41.7. The predicted octanol–water partition coefficient (Wildman–Crippen LogP) is 5.78. The molecule has 0 bridgehead atoms. The largest absolute Gasteiger partial charge is 0.493 e. The summed E-state index contributed by atoms with van der Waals surface area (Å²) >= 11 is 0. The summed E-state index contributed by atoms with van der Waals surface area (Å²) in [6.07, 6.45) is 9.23. The highest BCUT2D eigenvalue weighted by Crippen LogP contribution is 2.41. The van der Waals surface area contributed by atoms with E-state index in [1.807, 2.05) is 26.0 Å². The van der Waals surface area contributed by atoms with Crippen LogP contribution < -0.4 is 23.7 Å². The number of ether oxygens (including phenoxy) is 5. The van der Waals surface area contributed by atoms with E-state index in [4.69, 9.17) is 33.5 Å². The topological polar surface area (TPSA) is 188 Å². The summed E-state index contributed by atoms with van der Waals surface area (Å²) in [4.78, 5) is 86.1. The molecule has 0 N–H and O–H groups in total. The second-order valence-electron chi connectivity index (χ2n) is 15.3. The highest BCUT2D eigenvalue weighted by atomic mass is 16.7. The minimum atomic E-state index is -0.734. The fourth-order valence-corrected chi connectivity index (χ4v) is 7.90. The van der Waals surface area contributed by atoms with E-state index in [-0.39, 0.29) is 69.4 Å². The number of carbonyl (C=O) groups excluding carboxylic acids is 5. The zero-order valence-electron chi connectivity index (χ0n) is 34.9. The summed E-state index contributed by atoms with van der Waals surface area (Å²) in [5.41, 5.74) is 5.00. The fraction of sp³-hybridized carbons (Fsp3) is 0.378. The van der Waals surface area contributed by atoms with E-state index in [2.05, 4.69) is 9.98 Å². The number of hydrogen-bond donors (Lipinski definition) is 0. The monoisotopic (exact) mass is 846 g/mol. The number of hydroxylamine groups is 2. The van der Waals surface area contributed by atoms with Crippen molar-refractivity contribution >= 4 is 53.4 Å². The molecule has 0 radical (unpaired) electrons. The van der Waals surface area contributed by atoms with Gasteiger partial charge in [0, 0.05) is 62.6 Å². The van der Waals surface area contributed by atoms with Gasteiger partial charge in [0.15, 0.2) is 23.0 Å². The van der Waals surface area contributed by atoms with Crippen molar-refractivity contribution < 1.29 is 52.5 Å². The Morgan fingerprint density at radius 2 is 1.19 bits per heavy atom. The maximum Gasteiger partial charge on any atom is 0.333 e. The Labute approximate surface area is 357 Å². The Morgan fingerprint density at radius 3 is 1.66 bits per heavy atom. The molecular weight excluding hydrogens is 801 g/mol. The second kappa shape index (κ2) is 17.9. The number of hydrogen-bond acceptors (Lipinski definition) is 14. The molecule has 17 heteroatoms. The van der Waals surface area contributed by atoms with E-state index in [9.17, 15) is 24.0 Å². The van der Waals surface area contributed by atoms with Gasteiger partial charge in [-0.3, -0.25) is 34.1 Å². The molecule has 322 valence electrons. The van der Waals surface area contributed by atoms with E-state index in [1.165, 1.54) is 25.4 Å². The summed E-state index contributed by atoms with van der Waals surface area (Å²) in [7, 11) is 2.99. The van der Waals surface area contributed by atoms with Gasteiger partial charge in [0.2, 0.25) is 0 Å². The number of nitrogens with zero attached hydrogens (tertiary/aromatic N) is 6. The van der Waals surface area contributed by atoms with Crippen LogP contribution in [0.4, 0.5) is 11.4 Å². The minimum Gasteiger partial charge on any atom is -0.493 e. The van der Waals surface area contributed by atoms with Crippen LogP contribution in [0, 0.1) is 0 Å². The molecule has 3 saturated heterocycles. The number of amides is 4. The van der Waals surface area contributed by atoms with Crippen molar-refractivity contribution in [1.82, 2.24) is 19.8 Å². The standard InChI is InChI=1S/C45H46N6O11/c1-5-26-12-30-20-46-35-18-39(37(57-3)16-33(35)44(55)49(30)22-26)60-24-28-14-32(59-11-7-8-43(54)62-51-41(52)9-10-42(51)53)15-29(48-28)25-61-40-19-36-34(17-38(40)58-4)45(56)50-23-27(6-2)13-31(50)21-47-36/h5-6,14-21,30-31H,7-13,22-25H2,1-4H3/b26-5+,27-6+/t30-,31-/m0/s1. The lowest BCUT2D eigenvalue weighted by Crippen LogP contribution is -2.35. The van der Waals surface area contributed by atoms with Crippen LogP contribution in [-0.4, -0.2) is 108 Å². The predicted molar refractivity (Wildman–Crippen MR) is 223 cm³/mol. The molecule has 3 fully saturated rings. The van der Waals surface area contributed by atoms with E-state index in [0.29, 0.717) is 80.8 Å². The van der Waals surface area contributed by atoms with Crippen molar-refractivity contribution in [3.63, 3.8) is 0 Å². The molecule has 6 heterocycles. The maximum atomic E-state index is 13.6. The first-order valence-corrected chi connectivity index (χ1v) is 20.4. The molecule has 3 aromatic rings. The number of rotatable bonds is 14. The summed E-state index contributed by atoms with van der Waals surface area (Å²) < 4.78 is 30.0. The van der Waals surface area contributed by atoms with Crippen molar-refractivity contribution in [3.05, 3.63) is 82.2 Å². The number of carbonyl (C=O) groups is 5. The van der Waals surface area contributed by atoms with Crippen LogP contribution in [0.15, 0.2) is 69.7 Å². The van der Waals surface area contributed by atoms with E-state index >= 15 is 0 Å². The molecule has 5 aliphatic heterocycles.